The first kappa shape index (κ1) is 19.7. The lowest BCUT2D eigenvalue weighted by Crippen LogP contribution is -2.52. The Kier molecular flexibility index (Phi) is 5.55. The number of hydrogen-bond donors (Lipinski definition) is 0. The maximum absolute atomic E-state index is 13.4. The first-order chi connectivity index (χ1) is 14.5. The fourth-order valence-electron chi connectivity index (χ4n) is 3.60. The molecule has 0 bridgehead atoms. The van der Waals surface area contributed by atoms with Crippen LogP contribution < -0.4 is 0 Å². The zero-order chi connectivity index (χ0) is 21.1. The summed E-state index contributed by atoms with van der Waals surface area (Å²) >= 11 is 0. The number of amides is 2. The van der Waals surface area contributed by atoms with E-state index in [1.807, 2.05) is 30.3 Å². The van der Waals surface area contributed by atoms with Crippen molar-refractivity contribution in [2.45, 2.75) is 26.3 Å². The molecule has 10 nitrogen and oxygen atoms in total. The second kappa shape index (κ2) is 8.44. The van der Waals surface area contributed by atoms with E-state index in [0.717, 1.165) is 5.56 Å². The summed E-state index contributed by atoms with van der Waals surface area (Å²) in [6.45, 7) is 5.27. The second-order valence-electron chi connectivity index (χ2n) is 7.33. The highest BCUT2D eigenvalue weighted by atomic mass is 16.5. The minimum Gasteiger partial charge on any atom is -0.351 e. The zero-order valence-electron chi connectivity index (χ0n) is 16.9. The maximum Gasteiger partial charge on any atom is 0.292 e. The molecule has 1 aromatic carbocycles. The molecule has 3 aromatic rings. The van der Waals surface area contributed by atoms with Crippen molar-refractivity contribution in [3.05, 3.63) is 59.2 Å². The molecule has 2 aromatic heterocycles. The van der Waals surface area contributed by atoms with Crippen molar-refractivity contribution in [1.29, 1.82) is 0 Å². The molecule has 4 rings (SSSR count). The molecule has 1 saturated heterocycles. The van der Waals surface area contributed by atoms with Gasteiger partial charge in [0, 0.05) is 38.7 Å². The van der Waals surface area contributed by atoms with Crippen molar-refractivity contribution in [3.8, 4) is 0 Å². The number of nitrogens with zero attached hydrogens (tertiary/aromatic N) is 7. The molecule has 1 aliphatic rings. The number of hydrogen-bond acceptors (Lipinski definition) is 7. The quantitative estimate of drug-likeness (QED) is 0.619. The summed E-state index contributed by atoms with van der Waals surface area (Å²) in [5.41, 5.74) is 1.69. The van der Waals surface area contributed by atoms with Gasteiger partial charge in [0.15, 0.2) is 0 Å². The van der Waals surface area contributed by atoms with Gasteiger partial charge in [-0.15, -0.1) is 5.10 Å². The van der Waals surface area contributed by atoms with Gasteiger partial charge < -0.3 is 14.3 Å². The van der Waals surface area contributed by atoms with Gasteiger partial charge in [0.05, 0.1) is 5.69 Å². The molecule has 156 valence electrons. The van der Waals surface area contributed by atoms with Crippen LogP contribution in [0.4, 0.5) is 0 Å². The Morgan fingerprint density at radius 3 is 2.37 bits per heavy atom. The van der Waals surface area contributed by atoms with Crippen molar-refractivity contribution in [3.63, 3.8) is 0 Å². The van der Waals surface area contributed by atoms with Crippen molar-refractivity contribution in [2.75, 3.05) is 26.2 Å². The van der Waals surface area contributed by atoms with Gasteiger partial charge in [0.2, 0.25) is 11.7 Å². The Hall–Kier alpha value is -3.56. The van der Waals surface area contributed by atoms with Gasteiger partial charge in [0.25, 0.3) is 5.91 Å². The highest BCUT2D eigenvalue weighted by Gasteiger charge is 2.32. The van der Waals surface area contributed by atoms with E-state index in [4.69, 9.17) is 4.52 Å². The summed E-state index contributed by atoms with van der Waals surface area (Å²) in [6.07, 6.45) is 0.488. The van der Waals surface area contributed by atoms with Gasteiger partial charge in [0.1, 0.15) is 11.9 Å². The van der Waals surface area contributed by atoms with E-state index in [0.29, 0.717) is 44.1 Å². The second-order valence-corrected chi connectivity index (χ2v) is 7.33. The van der Waals surface area contributed by atoms with E-state index in [9.17, 15) is 9.59 Å². The van der Waals surface area contributed by atoms with Crippen LogP contribution >= 0.6 is 0 Å². The third-order valence-corrected chi connectivity index (χ3v) is 5.23. The first-order valence-electron chi connectivity index (χ1n) is 9.82. The highest BCUT2D eigenvalue weighted by molar-refractivity contribution is 5.91. The van der Waals surface area contributed by atoms with E-state index in [2.05, 4.69) is 20.7 Å². The van der Waals surface area contributed by atoms with E-state index >= 15 is 0 Å². The lowest BCUT2D eigenvalue weighted by Gasteiger charge is -2.36. The maximum atomic E-state index is 13.4. The number of rotatable bonds is 5. The Morgan fingerprint density at radius 1 is 1.07 bits per heavy atom. The SMILES string of the molecule is Cc1cc(C(=O)N2CCN(C(=O)C(Cc3ccccc3)n3nnnc3C)CC2)on1. The summed E-state index contributed by atoms with van der Waals surface area (Å²) in [5, 5.41) is 15.4. The molecule has 1 atom stereocenters. The van der Waals surface area contributed by atoms with Gasteiger partial charge in [-0.1, -0.05) is 35.5 Å². The summed E-state index contributed by atoms with van der Waals surface area (Å²) in [6, 6.07) is 10.9. The van der Waals surface area contributed by atoms with Crippen LogP contribution in [0, 0.1) is 13.8 Å². The van der Waals surface area contributed by atoms with Crippen LogP contribution in [0.2, 0.25) is 0 Å². The van der Waals surface area contributed by atoms with Crippen LogP contribution in [0.5, 0.6) is 0 Å². The molecule has 0 N–H and O–H groups in total. The Balaban J connectivity index is 1.46. The molecule has 1 fully saturated rings. The lowest BCUT2D eigenvalue weighted by molar-refractivity contribution is -0.136. The van der Waals surface area contributed by atoms with Gasteiger partial charge in [-0.05, 0) is 29.8 Å². The molecule has 2 amide bonds. The smallest absolute Gasteiger partial charge is 0.292 e. The van der Waals surface area contributed by atoms with E-state index < -0.39 is 6.04 Å². The molecule has 3 heterocycles. The number of aromatic nitrogens is 5. The van der Waals surface area contributed by atoms with Crippen molar-refractivity contribution in [2.24, 2.45) is 0 Å². The minimum absolute atomic E-state index is 0.0585. The number of aryl methyl sites for hydroxylation is 2. The fraction of sp³-hybridized carbons (Fsp3) is 0.400. The van der Waals surface area contributed by atoms with Crippen LogP contribution in [0.15, 0.2) is 40.9 Å². The summed E-state index contributed by atoms with van der Waals surface area (Å²) in [4.78, 5) is 29.4. The number of tetrazole rings is 1. The standard InChI is InChI=1S/C20H23N7O3/c1-14-12-18(30-22-14)20(29)26-10-8-25(9-11-26)19(28)17(27-15(2)21-23-24-27)13-16-6-4-3-5-7-16/h3-7,12,17H,8-11,13H2,1-2H3. The predicted molar refractivity (Wildman–Crippen MR) is 105 cm³/mol. The topological polar surface area (TPSA) is 110 Å². The van der Waals surface area contributed by atoms with Crippen LogP contribution in [0.3, 0.4) is 0 Å². The largest absolute Gasteiger partial charge is 0.351 e. The number of carbonyl (C=O) groups excluding carboxylic acids is 2. The molecule has 0 saturated carbocycles. The third kappa shape index (κ3) is 4.07. The third-order valence-electron chi connectivity index (χ3n) is 5.23. The molecule has 10 heteroatoms. The fourth-order valence-corrected chi connectivity index (χ4v) is 3.60. The van der Waals surface area contributed by atoms with Crippen molar-refractivity contribution >= 4 is 11.8 Å². The summed E-state index contributed by atoms with van der Waals surface area (Å²) in [7, 11) is 0. The molecular weight excluding hydrogens is 386 g/mol. The van der Waals surface area contributed by atoms with Crippen LogP contribution in [0.1, 0.15) is 33.7 Å². The number of carbonyl (C=O) groups is 2. The van der Waals surface area contributed by atoms with Crippen LogP contribution in [0.25, 0.3) is 0 Å². The average Bonchev–Trinajstić information content (AvgIpc) is 3.40. The Morgan fingerprint density at radius 2 is 1.77 bits per heavy atom. The monoisotopic (exact) mass is 409 g/mol. The molecular formula is C20H23N7O3. The normalized spacial score (nSPS) is 15.3. The highest BCUT2D eigenvalue weighted by Crippen LogP contribution is 2.19. The first-order valence-corrected chi connectivity index (χ1v) is 9.82. The predicted octanol–water partition coefficient (Wildman–Crippen LogP) is 1.05. The molecule has 0 radical (unpaired) electrons. The van der Waals surface area contributed by atoms with E-state index in [1.54, 1.807) is 34.4 Å². The number of benzene rings is 1. The molecule has 0 spiro atoms. The number of piperazine rings is 1. The molecule has 30 heavy (non-hydrogen) atoms. The van der Waals surface area contributed by atoms with Gasteiger partial charge in [-0.3, -0.25) is 9.59 Å². The van der Waals surface area contributed by atoms with Crippen LogP contribution in [-0.4, -0.2) is 73.2 Å². The van der Waals surface area contributed by atoms with Crippen molar-refractivity contribution < 1.29 is 14.1 Å². The molecule has 1 aliphatic heterocycles. The summed E-state index contributed by atoms with van der Waals surface area (Å²) < 4.78 is 6.65. The van der Waals surface area contributed by atoms with Gasteiger partial charge in [-0.25, -0.2) is 4.68 Å². The van der Waals surface area contributed by atoms with Crippen molar-refractivity contribution in [1.82, 2.24) is 35.2 Å². The Bertz CT molecular complexity index is 1020. The summed E-state index contributed by atoms with van der Waals surface area (Å²) in [5.74, 6) is 0.536. The van der Waals surface area contributed by atoms with Gasteiger partial charge in [-0.2, -0.15) is 0 Å². The zero-order valence-corrected chi connectivity index (χ0v) is 16.9. The van der Waals surface area contributed by atoms with E-state index in [1.165, 1.54) is 0 Å². The molecule has 0 aliphatic carbocycles. The molecule has 1 unspecified atom stereocenters. The minimum atomic E-state index is -0.540. The Labute approximate surface area is 173 Å². The van der Waals surface area contributed by atoms with E-state index in [-0.39, 0.29) is 17.6 Å². The van der Waals surface area contributed by atoms with Gasteiger partial charge >= 0.3 is 0 Å². The lowest BCUT2D eigenvalue weighted by atomic mass is 10.0. The average molecular weight is 409 g/mol. The van der Waals surface area contributed by atoms with Crippen LogP contribution in [-0.2, 0) is 11.2 Å².